The molecule has 12 nitrogen and oxygen atoms in total. The van der Waals surface area contributed by atoms with E-state index in [1.165, 1.54) is 137 Å². The van der Waals surface area contributed by atoms with Crippen molar-refractivity contribution in [1.82, 2.24) is 29.3 Å². The molecule has 12 aliphatic rings. The smallest absolute Gasteiger partial charge is 0.128 e. The van der Waals surface area contributed by atoms with E-state index in [9.17, 15) is 4.39 Å². The van der Waals surface area contributed by atoms with Crippen LogP contribution in [0, 0.1) is 152 Å². The Morgan fingerprint density at radius 2 is 0.653 bits per heavy atom. The molecule has 0 amide bonds. The van der Waals surface area contributed by atoms with Crippen LogP contribution in [-0.2, 0) is 14.1 Å². The summed E-state index contributed by atoms with van der Waals surface area (Å²) in [4.78, 5) is 28.4. The van der Waals surface area contributed by atoms with Gasteiger partial charge in [0.1, 0.15) is 5.82 Å². The van der Waals surface area contributed by atoms with E-state index in [4.69, 9.17) is 0 Å². The Morgan fingerprint density at radius 3 is 1.10 bits per heavy atom. The Labute approximate surface area is 704 Å². The number of para-hydroxylation sites is 1. The monoisotopic (exact) mass is 1580 g/mol. The SMILES string of the molecule is CC(C)(C)C1C2CN(c3ccc4ccncc4c3)CC21.CC(C)(C)C1C2CN(c3ccc4ncccc4c3)CC21.CC(C)(C)C1C2CN(c3cnc4ccccc4c3)CC21.Cc1ccc(N2CC3C(C2)C3C(C)(C)C)cc1F.Cn1ccc2cc(N3CC4C(C3)C4C(C)(C)C)ccc21.Cn1ncc2cc(N3CC4C(C3)C4C(C)(C)C)ccc21. The van der Waals surface area contributed by atoms with Crippen LogP contribution in [0.4, 0.5) is 38.5 Å². The summed E-state index contributed by atoms with van der Waals surface area (Å²) in [5.41, 5.74) is 16.1. The number of hydrogen-bond donors (Lipinski definition) is 0. The maximum atomic E-state index is 13.6. The summed E-state index contributed by atoms with van der Waals surface area (Å²) in [6, 6.07) is 51.8. The number of fused-ring (bicyclic) bond motifs is 11. The second kappa shape index (κ2) is 29.6. The van der Waals surface area contributed by atoms with Gasteiger partial charge in [0.25, 0.3) is 0 Å². The number of aromatic nitrogens is 6. The van der Waals surface area contributed by atoms with Crippen molar-refractivity contribution >= 4 is 88.5 Å². The fourth-order valence-electron chi connectivity index (χ4n) is 25.5. The minimum absolute atomic E-state index is 0.0829. The first-order valence-corrected chi connectivity index (χ1v) is 45.2. The van der Waals surface area contributed by atoms with Crippen molar-refractivity contribution in [3.8, 4) is 0 Å². The third-order valence-electron chi connectivity index (χ3n) is 30.9. The molecule has 6 saturated carbocycles. The van der Waals surface area contributed by atoms with Crippen LogP contribution in [-0.4, -0.2) is 108 Å². The van der Waals surface area contributed by atoms with Crippen LogP contribution in [0.25, 0.3) is 54.4 Å². The fraction of sp³-hybridized carbons (Fsp3) is 0.543. The molecular weight excluding hydrogens is 1450 g/mol. The summed E-state index contributed by atoms with van der Waals surface area (Å²) >= 11 is 0. The average Bonchev–Trinajstić information content (AvgIpc) is 1.59. The number of rotatable bonds is 6. The normalized spacial score (nSPS) is 29.1. The summed E-state index contributed by atoms with van der Waals surface area (Å²) in [5.74, 6) is 16.3. The lowest BCUT2D eigenvalue weighted by atomic mass is 9.87. The van der Waals surface area contributed by atoms with Crippen LogP contribution in [0.3, 0.4) is 0 Å². The summed E-state index contributed by atoms with van der Waals surface area (Å²) < 4.78 is 17.7. The maximum absolute atomic E-state index is 13.6. The Hall–Kier alpha value is -8.71. The second-order valence-corrected chi connectivity index (χ2v) is 45.0. The third kappa shape index (κ3) is 15.9. The summed E-state index contributed by atoms with van der Waals surface area (Å²) in [7, 11) is 4.11. The molecule has 6 aliphatic carbocycles. The van der Waals surface area contributed by atoms with Gasteiger partial charge >= 0.3 is 0 Å². The molecule has 11 aromatic rings. The maximum Gasteiger partial charge on any atom is 0.128 e. The highest BCUT2D eigenvalue weighted by Crippen LogP contribution is 2.65. The van der Waals surface area contributed by atoms with E-state index in [1.807, 2.05) is 67.8 Å². The highest BCUT2D eigenvalue weighted by molar-refractivity contribution is 5.87. The zero-order chi connectivity index (χ0) is 82.9. The van der Waals surface area contributed by atoms with Crippen LogP contribution < -0.4 is 29.4 Å². The number of hydrogen-bond acceptors (Lipinski definition) is 10. The first kappa shape index (κ1) is 80.4. The van der Waals surface area contributed by atoms with Crippen molar-refractivity contribution < 1.29 is 4.39 Å². The first-order valence-electron chi connectivity index (χ1n) is 45.2. The van der Waals surface area contributed by atoms with Crippen molar-refractivity contribution in [2.75, 3.05) is 108 Å². The molecule has 5 aromatic heterocycles. The molecule has 0 spiro atoms. The van der Waals surface area contributed by atoms with Gasteiger partial charge in [-0.3, -0.25) is 19.6 Å². The Balaban J connectivity index is 0.0000000976. The predicted molar refractivity (Wildman–Crippen MR) is 493 cm³/mol. The van der Waals surface area contributed by atoms with Gasteiger partial charge in [-0.15, -0.1) is 0 Å². The predicted octanol–water partition coefficient (Wildman–Crippen LogP) is 23.0. The van der Waals surface area contributed by atoms with E-state index >= 15 is 0 Å². The number of anilines is 6. The zero-order valence-electron chi connectivity index (χ0n) is 74.9. The molecule has 13 heteroatoms. The minimum Gasteiger partial charge on any atom is -0.371 e. The van der Waals surface area contributed by atoms with Crippen molar-refractivity contribution in [1.29, 1.82) is 0 Å². The molecule has 0 N–H and O–H groups in total. The van der Waals surface area contributed by atoms with Gasteiger partial charge in [0.05, 0.1) is 34.6 Å². The van der Waals surface area contributed by atoms with E-state index < -0.39 is 0 Å². The van der Waals surface area contributed by atoms with E-state index in [0.29, 0.717) is 32.5 Å². The van der Waals surface area contributed by atoms with Crippen molar-refractivity contribution in [2.24, 2.45) is 153 Å². The number of nitrogens with zero attached hydrogens (tertiary/aromatic N) is 12. The molecular formula is C105H135FN12. The van der Waals surface area contributed by atoms with Crippen molar-refractivity contribution in [2.45, 2.75) is 132 Å². The van der Waals surface area contributed by atoms with Crippen LogP contribution in [0.2, 0.25) is 0 Å². The number of halogens is 1. The molecule has 0 radical (unpaired) electrons. The molecule has 6 saturated heterocycles. The van der Waals surface area contributed by atoms with Gasteiger partial charge in [0, 0.05) is 178 Å². The molecule has 11 heterocycles. The lowest BCUT2D eigenvalue weighted by molar-refractivity contribution is 0.309. The molecule has 118 heavy (non-hydrogen) atoms. The van der Waals surface area contributed by atoms with Crippen molar-refractivity contribution in [3.05, 3.63) is 194 Å². The zero-order valence-corrected chi connectivity index (χ0v) is 74.9. The highest BCUT2D eigenvalue weighted by atomic mass is 19.1. The summed E-state index contributed by atoms with van der Waals surface area (Å²) in [5, 5.41) is 12.0. The summed E-state index contributed by atoms with van der Waals surface area (Å²) in [6.45, 7) is 59.3. The van der Waals surface area contributed by atoms with Gasteiger partial charge in [-0.05, 0) is 266 Å². The molecule has 0 bridgehead atoms. The fourth-order valence-corrected chi connectivity index (χ4v) is 25.5. The quantitative estimate of drug-likeness (QED) is 0.161. The minimum atomic E-state index is -0.0829. The van der Waals surface area contributed by atoms with Gasteiger partial charge < -0.3 is 34.0 Å². The van der Waals surface area contributed by atoms with Gasteiger partial charge in [0.15, 0.2) is 0 Å². The second-order valence-electron chi connectivity index (χ2n) is 45.0. The van der Waals surface area contributed by atoms with Crippen LogP contribution in [0.15, 0.2) is 183 Å². The highest BCUT2D eigenvalue weighted by Gasteiger charge is 2.64. The number of pyridine rings is 3. The first-order chi connectivity index (χ1) is 55.9. The molecule has 622 valence electrons. The van der Waals surface area contributed by atoms with E-state index in [1.54, 1.807) is 6.07 Å². The molecule has 12 atom stereocenters. The standard InChI is InChI=1S/C18H24N2.3C18H22N2.C17H23N3.C16H22FN/c1-18(2,3)17-14-10-20(11-15(14)17)13-5-6-16-12(9-13)7-8-19(16)4;1-18(2,3)17-15-10-20(11-16(15)17)14-5-4-12-6-7-19-9-13(12)8-14;1-18(2,3)17-14-10-20(11-15(14)17)13-6-7-16-12(9-13)5-4-8-19-16;1-18(2,3)17-14-10-20(11-15(14)17)13-8-12-6-4-5-7-16(12)19-9-13;1-17(2,3)16-13-9-20(10-14(13)16)12-5-6-15-11(7-12)8-18-19(15)4;1-10-5-6-11(7-14(10)17)18-8-12-13(9-18)15(12)16(2,3)4/h5-9,14-15,17H,10-11H2,1-4H3;4-9,15-17H,10-11H2,1-3H3;2*4-9,14-15,17H,10-11H2,1-3H3;5-8,13-14,16H,9-10H2,1-4H3;5-7,12-13,15H,8-9H2,1-4H3. The van der Waals surface area contributed by atoms with Gasteiger partial charge in [-0.2, -0.15) is 5.10 Å². The van der Waals surface area contributed by atoms with Crippen LogP contribution >= 0.6 is 0 Å². The topological polar surface area (TPSA) is 80.9 Å². The van der Waals surface area contributed by atoms with Crippen LogP contribution in [0.1, 0.15) is 130 Å². The lowest BCUT2D eigenvalue weighted by Gasteiger charge is -2.27. The number of benzene rings is 6. The Kier molecular flexibility index (Phi) is 20.1. The average molecular weight is 1580 g/mol. The van der Waals surface area contributed by atoms with E-state index in [0.717, 1.165) is 142 Å². The summed E-state index contributed by atoms with van der Waals surface area (Å²) in [6.07, 6.45) is 11.8. The lowest BCUT2D eigenvalue weighted by Crippen LogP contribution is -2.27. The molecule has 6 aromatic carbocycles. The molecule has 12 fully saturated rings. The third-order valence-corrected chi connectivity index (χ3v) is 30.9. The number of piperidine rings is 6. The largest absolute Gasteiger partial charge is 0.371 e. The molecule has 6 aliphatic heterocycles. The van der Waals surface area contributed by atoms with Gasteiger partial charge in [0.2, 0.25) is 0 Å². The molecule has 23 rings (SSSR count). The molecule has 12 unspecified atom stereocenters. The number of aryl methyl sites for hydroxylation is 3. The Bertz CT molecular complexity index is 5050. The Morgan fingerprint density at radius 1 is 0.297 bits per heavy atom. The van der Waals surface area contributed by atoms with E-state index in [2.05, 4.69) is 313 Å². The van der Waals surface area contributed by atoms with Crippen LogP contribution in [0.5, 0.6) is 0 Å². The van der Waals surface area contributed by atoms with Gasteiger partial charge in [-0.1, -0.05) is 161 Å². The van der Waals surface area contributed by atoms with E-state index in [-0.39, 0.29) is 5.82 Å². The van der Waals surface area contributed by atoms with Crippen molar-refractivity contribution in [3.63, 3.8) is 0 Å². The van der Waals surface area contributed by atoms with Gasteiger partial charge in [-0.25, -0.2) is 4.39 Å².